The maximum Gasteiger partial charge on any atom is 0.222 e. The number of nitrogens with zero attached hydrogens (tertiary/aromatic N) is 2. The Morgan fingerprint density at radius 1 is 1.25 bits per heavy atom. The van der Waals surface area contributed by atoms with E-state index in [0.29, 0.717) is 0 Å². The molecule has 0 aliphatic carbocycles. The maximum absolute atomic E-state index is 11.4. The molecule has 16 heavy (non-hydrogen) atoms. The topological polar surface area (TPSA) is 35.6 Å². The van der Waals surface area contributed by atoms with Crippen molar-refractivity contribution in [2.45, 2.75) is 20.3 Å². The van der Waals surface area contributed by atoms with Gasteiger partial charge in [0.2, 0.25) is 5.91 Å². The second-order valence-corrected chi connectivity index (χ2v) is 4.94. The lowest BCUT2D eigenvalue weighted by Crippen LogP contribution is -2.38. The molecule has 1 N–H and O–H groups in total. The number of hydrogen-bond donors (Lipinski definition) is 1. The fourth-order valence-electron chi connectivity index (χ4n) is 1.86. The highest BCUT2D eigenvalue weighted by atomic mass is 16.1. The van der Waals surface area contributed by atoms with Crippen LogP contribution in [0.1, 0.15) is 20.3 Å². The lowest BCUT2D eigenvalue weighted by Gasteiger charge is -2.20. The molecule has 1 amide bonds. The summed E-state index contributed by atoms with van der Waals surface area (Å²) in [4.78, 5) is 16.2. The average molecular weight is 227 g/mol. The molecule has 4 heteroatoms. The van der Waals surface area contributed by atoms with Gasteiger partial charge in [-0.25, -0.2) is 0 Å². The minimum absolute atomic E-state index is 0.0928. The molecular formula is C12H25N3O. The Hall–Kier alpha value is -0.610. The summed E-state index contributed by atoms with van der Waals surface area (Å²) in [5, 5.41) is 2.97. The summed E-state index contributed by atoms with van der Waals surface area (Å²) in [6, 6.07) is 0. The Bertz CT molecular complexity index is 218. The predicted octanol–water partition coefficient (Wildman–Crippen LogP) is 0.396. The molecule has 0 aromatic rings. The Balaban J connectivity index is 2.15. The number of carbonyl (C=O) groups is 1. The summed E-state index contributed by atoms with van der Waals surface area (Å²) in [7, 11) is 2.17. The van der Waals surface area contributed by atoms with Crippen molar-refractivity contribution in [2.75, 3.05) is 46.3 Å². The molecule has 0 aromatic heterocycles. The van der Waals surface area contributed by atoms with Gasteiger partial charge in [0.25, 0.3) is 0 Å². The van der Waals surface area contributed by atoms with E-state index >= 15 is 0 Å². The van der Waals surface area contributed by atoms with Crippen LogP contribution in [0.3, 0.4) is 0 Å². The van der Waals surface area contributed by atoms with Crippen molar-refractivity contribution in [3.05, 3.63) is 0 Å². The van der Waals surface area contributed by atoms with E-state index in [0.717, 1.165) is 32.7 Å². The van der Waals surface area contributed by atoms with Crippen molar-refractivity contribution in [2.24, 2.45) is 5.92 Å². The minimum atomic E-state index is 0.0928. The van der Waals surface area contributed by atoms with Gasteiger partial charge in [-0.15, -0.1) is 0 Å². The number of carbonyl (C=O) groups excluding carboxylic acids is 1. The Morgan fingerprint density at radius 2 is 2.00 bits per heavy atom. The predicted molar refractivity (Wildman–Crippen MR) is 66.4 cm³/mol. The molecule has 4 nitrogen and oxygen atoms in total. The van der Waals surface area contributed by atoms with Gasteiger partial charge in [0.1, 0.15) is 0 Å². The van der Waals surface area contributed by atoms with Crippen LogP contribution in [-0.2, 0) is 4.79 Å². The highest BCUT2D eigenvalue weighted by Crippen LogP contribution is 2.00. The summed E-state index contributed by atoms with van der Waals surface area (Å²) < 4.78 is 0. The van der Waals surface area contributed by atoms with Crippen molar-refractivity contribution >= 4 is 5.91 Å². The molecule has 1 aliphatic rings. The smallest absolute Gasteiger partial charge is 0.222 e. The number of nitrogens with one attached hydrogen (secondary N) is 1. The van der Waals surface area contributed by atoms with E-state index in [1.165, 1.54) is 13.0 Å². The third-order valence-electron chi connectivity index (χ3n) is 3.06. The standard InChI is InChI=1S/C12H25N3O/c1-11(2)12(16)13-5-8-15-7-4-6-14(3)9-10-15/h11H,4-10H2,1-3H3,(H,13,16). The van der Waals surface area contributed by atoms with Gasteiger partial charge in [0.05, 0.1) is 0 Å². The quantitative estimate of drug-likeness (QED) is 0.755. The summed E-state index contributed by atoms with van der Waals surface area (Å²) in [5.74, 6) is 0.252. The van der Waals surface area contributed by atoms with Crippen LogP contribution in [0.15, 0.2) is 0 Å². The third kappa shape index (κ3) is 4.94. The van der Waals surface area contributed by atoms with Crippen LogP contribution in [-0.4, -0.2) is 62.0 Å². The molecule has 0 spiro atoms. The fraction of sp³-hybridized carbons (Fsp3) is 0.917. The maximum atomic E-state index is 11.4. The molecule has 0 aromatic carbocycles. The lowest BCUT2D eigenvalue weighted by molar-refractivity contribution is -0.124. The number of amides is 1. The zero-order valence-corrected chi connectivity index (χ0v) is 10.8. The highest BCUT2D eigenvalue weighted by Gasteiger charge is 2.12. The first-order valence-corrected chi connectivity index (χ1v) is 6.28. The molecule has 1 rings (SSSR count). The molecule has 1 aliphatic heterocycles. The van der Waals surface area contributed by atoms with Crippen molar-refractivity contribution in [3.63, 3.8) is 0 Å². The SMILES string of the molecule is CC(C)C(=O)NCCN1CCCN(C)CC1. The van der Waals surface area contributed by atoms with Crippen molar-refractivity contribution in [1.82, 2.24) is 15.1 Å². The molecule has 1 heterocycles. The first kappa shape index (κ1) is 13.5. The summed E-state index contributed by atoms with van der Waals surface area (Å²) in [6.07, 6.45) is 1.23. The molecule has 0 unspecified atom stereocenters. The van der Waals surface area contributed by atoms with E-state index in [9.17, 15) is 4.79 Å². The van der Waals surface area contributed by atoms with Crippen LogP contribution in [0.2, 0.25) is 0 Å². The van der Waals surface area contributed by atoms with Gasteiger partial charge in [-0.1, -0.05) is 13.8 Å². The van der Waals surface area contributed by atoms with Gasteiger partial charge in [-0.2, -0.15) is 0 Å². The van der Waals surface area contributed by atoms with Crippen LogP contribution in [0.25, 0.3) is 0 Å². The van der Waals surface area contributed by atoms with Crippen LogP contribution in [0, 0.1) is 5.92 Å². The molecule has 94 valence electrons. The molecule has 0 atom stereocenters. The number of rotatable bonds is 4. The van der Waals surface area contributed by atoms with E-state index in [-0.39, 0.29) is 11.8 Å². The van der Waals surface area contributed by atoms with Gasteiger partial charge in [-0.3, -0.25) is 4.79 Å². The minimum Gasteiger partial charge on any atom is -0.355 e. The zero-order chi connectivity index (χ0) is 12.0. The van der Waals surface area contributed by atoms with Gasteiger partial charge in [0, 0.05) is 32.1 Å². The summed E-state index contributed by atoms with van der Waals surface area (Å²) >= 11 is 0. The number of hydrogen-bond acceptors (Lipinski definition) is 3. The lowest BCUT2D eigenvalue weighted by atomic mass is 10.2. The normalized spacial score (nSPS) is 19.8. The molecule has 0 saturated carbocycles. The second kappa shape index (κ2) is 6.86. The molecular weight excluding hydrogens is 202 g/mol. The van der Waals surface area contributed by atoms with Gasteiger partial charge < -0.3 is 15.1 Å². The number of likely N-dealkylation sites (N-methyl/N-ethyl adjacent to an activating group) is 1. The third-order valence-corrected chi connectivity index (χ3v) is 3.06. The highest BCUT2D eigenvalue weighted by molar-refractivity contribution is 5.77. The van der Waals surface area contributed by atoms with Gasteiger partial charge >= 0.3 is 0 Å². The first-order chi connectivity index (χ1) is 7.59. The zero-order valence-electron chi connectivity index (χ0n) is 10.8. The van der Waals surface area contributed by atoms with Crippen LogP contribution < -0.4 is 5.32 Å². The first-order valence-electron chi connectivity index (χ1n) is 6.28. The fourth-order valence-corrected chi connectivity index (χ4v) is 1.86. The second-order valence-electron chi connectivity index (χ2n) is 4.94. The van der Waals surface area contributed by atoms with Gasteiger partial charge in [0.15, 0.2) is 0 Å². The van der Waals surface area contributed by atoms with E-state index in [1.54, 1.807) is 0 Å². The Labute approximate surface area is 99.0 Å². The van der Waals surface area contributed by atoms with Crippen LogP contribution >= 0.6 is 0 Å². The van der Waals surface area contributed by atoms with Crippen molar-refractivity contribution in [3.8, 4) is 0 Å². The van der Waals surface area contributed by atoms with E-state index in [4.69, 9.17) is 0 Å². The van der Waals surface area contributed by atoms with E-state index in [1.807, 2.05) is 13.8 Å². The monoisotopic (exact) mass is 227 g/mol. The van der Waals surface area contributed by atoms with E-state index in [2.05, 4.69) is 22.2 Å². The van der Waals surface area contributed by atoms with Crippen molar-refractivity contribution < 1.29 is 4.79 Å². The molecule has 1 saturated heterocycles. The summed E-state index contributed by atoms with van der Waals surface area (Å²) in [5.41, 5.74) is 0. The molecule has 1 fully saturated rings. The Morgan fingerprint density at radius 3 is 2.69 bits per heavy atom. The largest absolute Gasteiger partial charge is 0.355 e. The van der Waals surface area contributed by atoms with Crippen LogP contribution in [0.4, 0.5) is 0 Å². The molecule has 0 radical (unpaired) electrons. The molecule has 0 bridgehead atoms. The Kier molecular flexibility index (Phi) is 5.77. The van der Waals surface area contributed by atoms with Crippen LogP contribution in [0.5, 0.6) is 0 Å². The van der Waals surface area contributed by atoms with E-state index < -0.39 is 0 Å². The average Bonchev–Trinajstić information content (AvgIpc) is 2.43. The van der Waals surface area contributed by atoms with Gasteiger partial charge in [-0.05, 0) is 26.6 Å². The van der Waals surface area contributed by atoms with Crippen molar-refractivity contribution in [1.29, 1.82) is 0 Å². The summed E-state index contributed by atoms with van der Waals surface area (Å²) in [6.45, 7) is 10.2.